The summed E-state index contributed by atoms with van der Waals surface area (Å²) in [5, 5.41) is 8.93. The second-order valence-corrected chi connectivity index (χ2v) is 7.87. The molecule has 0 aromatic heterocycles. The predicted molar refractivity (Wildman–Crippen MR) is 111 cm³/mol. The van der Waals surface area contributed by atoms with Gasteiger partial charge in [0.2, 0.25) is 0 Å². The van der Waals surface area contributed by atoms with Crippen LogP contribution in [-0.4, -0.2) is 5.97 Å². The van der Waals surface area contributed by atoms with Crippen LogP contribution in [0.1, 0.15) is 86.2 Å². The summed E-state index contributed by atoms with van der Waals surface area (Å²) in [4.78, 5) is 13.0. The molecule has 1 aliphatic rings. The van der Waals surface area contributed by atoms with E-state index in [1.54, 1.807) is 24.3 Å². The zero-order valence-corrected chi connectivity index (χ0v) is 16.7. The Balaban J connectivity index is 1.87. The van der Waals surface area contributed by atoms with Crippen molar-refractivity contribution in [2.45, 2.75) is 70.1 Å². The van der Waals surface area contributed by atoms with Crippen LogP contribution < -0.4 is 4.74 Å². The fourth-order valence-electron chi connectivity index (χ4n) is 4.48. The van der Waals surface area contributed by atoms with Crippen LogP contribution >= 0.6 is 0 Å². The fraction of sp³-hybridized carbons (Fsp3) is 0.440. The van der Waals surface area contributed by atoms with Crippen LogP contribution in [0.15, 0.2) is 48.5 Å². The molecule has 0 N–H and O–H groups in total. The smallest absolute Gasteiger partial charge is 0.343 e. The van der Waals surface area contributed by atoms with Gasteiger partial charge in [-0.15, -0.1) is 0 Å². The average molecular weight is 376 g/mol. The van der Waals surface area contributed by atoms with E-state index in [9.17, 15) is 4.79 Å². The zero-order chi connectivity index (χ0) is 19.8. The number of rotatable bonds is 7. The largest absolute Gasteiger partial charge is 0.423 e. The molecule has 0 bridgehead atoms. The number of benzene rings is 2. The van der Waals surface area contributed by atoms with Crippen LogP contribution in [0.25, 0.3) is 0 Å². The fourth-order valence-corrected chi connectivity index (χ4v) is 4.48. The Hall–Kier alpha value is -2.60. The Morgan fingerprint density at radius 2 is 1.75 bits per heavy atom. The van der Waals surface area contributed by atoms with E-state index in [2.05, 4.69) is 19.1 Å². The van der Waals surface area contributed by atoms with E-state index < -0.39 is 0 Å². The highest BCUT2D eigenvalue weighted by atomic mass is 16.5. The first-order valence-electron chi connectivity index (χ1n) is 10.5. The lowest BCUT2D eigenvalue weighted by Gasteiger charge is -2.39. The minimum atomic E-state index is -0.305. The Morgan fingerprint density at radius 1 is 1.04 bits per heavy atom. The van der Waals surface area contributed by atoms with Crippen molar-refractivity contribution in [2.24, 2.45) is 0 Å². The van der Waals surface area contributed by atoms with Gasteiger partial charge in [0.1, 0.15) is 5.75 Å². The lowest BCUT2D eigenvalue weighted by molar-refractivity contribution is 0.0730. The Labute approximate surface area is 168 Å². The average Bonchev–Trinajstić information content (AvgIpc) is 2.75. The van der Waals surface area contributed by atoms with E-state index in [1.165, 1.54) is 38.5 Å². The normalized spacial score (nSPS) is 15.6. The third-order valence-electron chi connectivity index (χ3n) is 5.98. The predicted octanol–water partition coefficient (Wildman–Crippen LogP) is 6.56. The van der Waals surface area contributed by atoms with Gasteiger partial charge < -0.3 is 4.74 Å². The van der Waals surface area contributed by atoms with Gasteiger partial charge in [0.25, 0.3) is 0 Å². The minimum Gasteiger partial charge on any atom is -0.423 e. The maximum absolute atomic E-state index is 13.0. The molecule has 28 heavy (non-hydrogen) atoms. The van der Waals surface area contributed by atoms with E-state index in [0.717, 1.165) is 24.8 Å². The molecule has 0 unspecified atom stereocenters. The molecule has 0 saturated heterocycles. The first kappa shape index (κ1) is 20.1. The molecule has 1 aliphatic carbocycles. The second-order valence-electron chi connectivity index (χ2n) is 7.87. The van der Waals surface area contributed by atoms with E-state index in [-0.39, 0.29) is 11.4 Å². The van der Waals surface area contributed by atoms with Crippen LogP contribution in [0.3, 0.4) is 0 Å². The van der Waals surface area contributed by atoms with Crippen LogP contribution in [0.2, 0.25) is 0 Å². The first-order chi connectivity index (χ1) is 13.7. The summed E-state index contributed by atoms with van der Waals surface area (Å²) < 4.78 is 5.65. The van der Waals surface area contributed by atoms with E-state index in [1.807, 2.05) is 18.2 Å². The second kappa shape index (κ2) is 9.55. The summed E-state index contributed by atoms with van der Waals surface area (Å²) in [6.07, 6.45) is 10.8. The Bertz CT molecular complexity index is 826. The highest BCUT2D eigenvalue weighted by Gasteiger charge is 2.36. The molecule has 146 valence electrons. The number of nitriles is 1. The van der Waals surface area contributed by atoms with E-state index >= 15 is 0 Å². The number of carbonyl (C=O) groups excluding carboxylic acids is 1. The van der Waals surface area contributed by atoms with Crippen LogP contribution in [0.5, 0.6) is 5.75 Å². The molecule has 0 aliphatic heterocycles. The SMILES string of the molecule is CCCCCC1(c2ccccc2C(=O)Oc2ccc(C#N)cc2)CCCCC1. The molecule has 0 atom stereocenters. The first-order valence-corrected chi connectivity index (χ1v) is 10.5. The van der Waals surface area contributed by atoms with Crippen LogP contribution in [0, 0.1) is 11.3 Å². The van der Waals surface area contributed by atoms with Crippen molar-refractivity contribution in [3.05, 3.63) is 65.2 Å². The number of unbranched alkanes of at least 4 members (excludes halogenated alkanes) is 2. The molecule has 0 radical (unpaired) electrons. The number of nitrogens with zero attached hydrogens (tertiary/aromatic N) is 1. The molecule has 3 nitrogen and oxygen atoms in total. The molecule has 1 saturated carbocycles. The van der Waals surface area contributed by atoms with Crippen LogP contribution in [-0.2, 0) is 5.41 Å². The molecule has 0 amide bonds. The highest BCUT2D eigenvalue weighted by molar-refractivity contribution is 5.93. The molecule has 2 aromatic rings. The summed E-state index contributed by atoms with van der Waals surface area (Å²) in [5.74, 6) is 0.170. The number of hydrogen-bond acceptors (Lipinski definition) is 3. The molecule has 3 heteroatoms. The molecule has 0 heterocycles. The molecular weight excluding hydrogens is 346 g/mol. The van der Waals surface area contributed by atoms with Gasteiger partial charge in [-0.2, -0.15) is 5.26 Å². The van der Waals surface area contributed by atoms with Crippen molar-refractivity contribution < 1.29 is 9.53 Å². The maximum Gasteiger partial charge on any atom is 0.343 e. The molecule has 1 fully saturated rings. The van der Waals surface area contributed by atoms with Crippen molar-refractivity contribution in [1.29, 1.82) is 5.26 Å². The van der Waals surface area contributed by atoms with Gasteiger partial charge >= 0.3 is 5.97 Å². The van der Waals surface area contributed by atoms with Gasteiger partial charge in [-0.05, 0) is 60.6 Å². The number of carbonyl (C=O) groups is 1. The topological polar surface area (TPSA) is 50.1 Å². The van der Waals surface area contributed by atoms with Gasteiger partial charge in [0.15, 0.2) is 0 Å². The molecular formula is C25H29NO2. The molecule has 0 spiro atoms. The monoisotopic (exact) mass is 375 g/mol. The third-order valence-corrected chi connectivity index (χ3v) is 5.98. The van der Waals surface area contributed by atoms with E-state index in [4.69, 9.17) is 10.00 Å². The number of esters is 1. The van der Waals surface area contributed by atoms with Gasteiger partial charge in [0, 0.05) is 0 Å². The van der Waals surface area contributed by atoms with E-state index in [0.29, 0.717) is 16.9 Å². The van der Waals surface area contributed by atoms with Crippen molar-refractivity contribution in [2.75, 3.05) is 0 Å². The number of hydrogen-bond donors (Lipinski definition) is 0. The molecule has 2 aromatic carbocycles. The van der Waals surface area contributed by atoms with Crippen molar-refractivity contribution in [3.63, 3.8) is 0 Å². The lowest BCUT2D eigenvalue weighted by Crippen LogP contribution is -2.31. The van der Waals surface area contributed by atoms with Gasteiger partial charge in [-0.1, -0.05) is 63.6 Å². The summed E-state index contributed by atoms with van der Waals surface area (Å²) in [7, 11) is 0. The van der Waals surface area contributed by atoms with Gasteiger partial charge in [0.05, 0.1) is 17.2 Å². The lowest BCUT2D eigenvalue weighted by atomic mass is 9.65. The highest BCUT2D eigenvalue weighted by Crippen LogP contribution is 2.44. The zero-order valence-electron chi connectivity index (χ0n) is 16.7. The van der Waals surface area contributed by atoms with Crippen molar-refractivity contribution in [3.8, 4) is 11.8 Å². The Kier molecular flexibility index (Phi) is 6.87. The maximum atomic E-state index is 13.0. The summed E-state index contributed by atoms with van der Waals surface area (Å²) in [6, 6.07) is 16.8. The van der Waals surface area contributed by atoms with Crippen molar-refractivity contribution in [1.82, 2.24) is 0 Å². The van der Waals surface area contributed by atoms with Gasteiger partial charge in [-0.25, -0.2) is 4.79 Å². The minimum absolute atomic E-state index is 0.0910. The number of ether oxygens (including phenoxy) is 1. The van der Waals surface area contributed by atoms with Crippen molar-refractivity contribution >= 4 is 5.97 Å². The third kappa shape index (κ3) is 4.62. The van der Waals surface area contributed by atoms with Gasteiger partial charge in [-0.3, -0.25) is 0 Å². The summed E-state index contributed by atoms with van der Waals surface area (Å²) in [5.41, 5.74) is 2.49. The summed E-state index contributed by atoms with van der Waals surface area (Å²) in [6.45, 7) is 2.23. The quantitative estimate of drug-likeness (QED) is 0.313. The standard InChI is InChI=1S/C25H29NO2/c1-2-3-7-16-25(17-8-4-9-18-25)23-11-6-5-10-22(23)24(27)28-21-14-12-20(19-26)13-15-21/h5-6,10-15H,2-4,7-9,16-18H2,1H3. The van der Waals surface area contributed by atoms with Crippen LogP contribution in [0.4, 0.5) is 0 Å². The molecule has 3 rings (SSSR count). The summed E-state index contributed by atoms with van der Waals surface area (Å²) >= 11 is 0. The Morgan fingerprint density at radius 3 is 2.43 bits per heavy atom.